The first-order chi connectivity index (χ1) is 41.3. The third-order valence-corrected chi connectivity index (χ3v) is 12.0. The molecule has 0 fully saturated rings. The number of ether oxygens (including phenoxy) is 4. The van der Waals surface area contributed by atoms with Crippen molar-refractivity contribution in [3.05, 3.63) is 171 Å². The molecule has 486 valence electrons. The molecule has 91 heavy (non-hydrogen) atoms. The Morgan fingerprint density at radius 1 is 0.692 bits per heavy atom. The molecule has 2 aliphatic rings. The molecule has 7 rings (SSSR count). The normalized spacial score (nSPS) is 11.2. The van der Waals surface area contributed by atoms with E-state index in [-0.39, 0.29) is 204 Å². The van der Waals surface area contributed by atoms with Crippen molar-refractivity contribution in [2.45, 2.75) is 132 Å². The van der Waals surface area contributed by atoms with Crippen LogP contribution in [0.4, 0.5) is 10.6 Å². The first kappa shape index (κ1) is 97.0. The van der Waals surface area contributed by atoms with Gasteiger partial charge < -0.3 is 58.1 Å². The second-order valence-corrected chi connectivity index (χ2v) is 20.3. The van der Waals surface area contributed by atoms with Gasteiger partial charge in [-0.1, -0.05) is 169 Å². The molecule has 3 aromatic carbocycles. The molecule has 0 radical (unpaired) electrons. The summed E-state index contributed by atoms with van der Waals surface area (Å²) >= 11 is 12.2. The van der Waals surface area contributed by atoms with Crippen LogP contribution in [0.2, 0.25) is 0 Å². The summed E-state index contributed by atoms with van der Waals surface area (Å²) in [6.07, 6.45) is 3.61. The van der Waals surface area contributed by atoms with E-state index in [0.29, 0.717) is 91.1 Å². The number of ketones is 1. The van der Waals surface area contributed by atoms with Crippen LogP contribution in [0.5, 0.6) is 11.8 Å². The van der Waals surface area contributed by atoms with E-state index in [1.807, 2.05) is 99.6 Å². The molecule has 0 atom stereocenters. The van der Waals surface area contributed by atoms with Crippen LogP contribution < -0.4 is 197 Å². The second kappa shape index (κ2) is 57.6. The number of aromatic nitrogens is 2. The summed E-state index contributed by atoms with van der Waals surface area (Å²) < 4.78 is 20.4. The van der Waals surface area contributed by atoms with E-state index >= 15 is 0 Å². The molecule has 0 spiro atoms. The predicted octanol–water partition coefficient (Wildman–Crippen LogP) is 1.47. The summed E-state index contributed by atoms with van der Waals surface area (Å²) in [6.45, 7) is 25.5. The van der Waals surface area contributed by atoms with Gasteiger partial charge in [-0.05, 0) is 115 Å². The summed E-state index contributed by atoms with van der Waals surface area (Å²) in [7, 11) is 0. The van der Waals surface area contributed by atoms with Crippen molar-refractivity contribution in [2.75, 3.05) is 38.6 Å². The smallest absolute Gasteiger partial charge is 1.00 e. The minimum absolute atomic E-state index is 0. The molecule has 0 saturated heterocycles. The molecule has 8 N–H and O–H groups in total. The van der Waals surface area contributed by atoms with E-state index < -0.39 is 22.2 Å². The molecule has 5 aromatic rings. The molecule has 27 heteroatoms. The van der Waals surface area contributed by atoms with Crippen LogP contribution in [-0.2, 0) is 71.3 Å². The number of alkyl halides is 1. The van der Waals surface area contributed by atoms with Gasteiger partial charge in [0.1, 0.15) is 24.6 Å². The predicted molar refractivity (Wildman–Crippen MR) is 344 cm³/mol. The molecule has 2 aromatic heterocycles. The van der Waals surface area contributed by atoms with Crippen LogP contribution in [0.1, 0.15) is 145 Å². The van der Waals surface area contributed by atoms with E-state index in [4.69, 9.17) is 45.3 Å². The fraction of sp³-hybridized carbons (Fsp3) is 0.391. The van der Waals surface area contributed by atoms with E-state index in [1.54, 1.807) is 46.8 Å². The van der Waals surface area contributed by atoms with Crippen LogP contribution in [0, 0.1) is 0 Å². The number of amides is 2. The average molecular weight is 1450 g/mol. The van der Waals surface area contributed by atoms with Crippen molar-refractivity contribution in [2.24, 2.45) is 5.73 Å². The van der Waals surface area contributed by atoms with Crippen LogP contribution in [0.3, 0.4) is 0 Å². The number of fused-ring (bicyclic) bond motifs is 1. The van der Waals surface area contributed by atoms with Crippen molar-refractivity contribution >= 4 is 85.7 Å². The molecule has 0 unspecified atom stereocenters. The third kappa shape index (κ3) is 43.9. The molecule has 0 bridgehead atoms. The quantitative estimate of drug-likeness (QED) is 0.0141. The van der Waals surface area contributed by atoms with E-state index in [2.05, 4.69) is 97.1 Å². The summed E-state index contributed by atoms with van der Waals surface area (Å²) in [5, 5.41) is 21.8. The van der Waals surface area contributed by atoms with E-state index in [0.717, 1.165) is 27.6 Å². The van der Waals surface area contributed by atoms with Crippen molar-refractivity contribution in [1.82, 2.24) is 26.3 Å². The average Bonchev–Trinajstić information content (AvgIpc) is 1.59. The van der Waals surface area contributed by atoms with Gasteiger partial charge in [-0.15, -0.1) is 5.60 Å². The maximum absolute atomic E-state index is 12.0. The molecule has 3 heterocycles. The van der Waals surface area contributed by atoms with Gasteiger partial charge in [0, 0.05) is 23.2 Å². The van der Waals surface area contributed by atoms with Gasteiger partial charge in [0.2, 0.25) is 17.7 Å². The number of nitrogen functional groups attached to an aromatic ring is 1. The first-order valence-corrected chi connectivity index (χ1v) is 29.9. The maximum atomic E-state index is 12.0. The van der Waals surface area contributed by atoms with Gasteiger partial charge in [0.15, 0.2) is 5.78 Å². The van der Waals surface area contributed by atoms with Gasteiger partial charge in [-0.3, -0.25) is 29.3 Å². The number of hydrogen-bond donors (Lipinski definition) is 4. The Morgan fingerprint density at radius 2 is 1.10 bits per heavy atom. The van der Waals surface area contributed by atoms with E-state index in [1.165, 1.54) is 31.3 Å². The molecular weight excluding hydrogens is 1360 g/mol. The molecule has 1 aliphatic carbocycles. The molecule has 1 aliphatic heterocycles. The monoisotopic (exact) mass is 1440 g/mol. The number of imide groups is 1. The number of nitrogens with zero attached hydrogens (tertiary/aromatic N) is 3. The minimum atomic E-state index is -0.889. The SMILES string of the molecule is BrCc1ccccc1.CC(C)(C)[O-].CCN(CC)CC.CCOC(=O)C1=C(N)CC(=O)C=C1CC.CCOC(=O)c1c(CC)cc(OCc2ccccc2)nc1N.CCc1cc(OCc2ccccc2)nc2c1C(=O)NC(=O)C2.N.O=C(Cl)Cl.O=CO[O-].[H-].[K+].[K+].[K+]. The van der Waals surface area contributed by atoms with Crippen LogP contribution in [-0.4, -0.2) is 94.0 Å². The number of halogens is 3. The van der Waals surface area contributed by atoms with Crippen LogP contribution >= 0.6 is 39.1 Å². The Morgan fingerprint density at radius 3 is 1.46 bits per heavy atom. The maximum Gasteiger partial charge on any atom is 1.00 e. The molecule has 2 amide bonds. The molecule has 0 saturated carbocycles. The number of rotatable bonds is 18. The second-order valence-electron chi connectivity index (χ2n) is 18.9. The Hall–Kier alpha value is -2.66. The van der Waals surface area contributed by atoms with Gasteiger partial charge in [-0.25, -0.2) is 14.6 Å². The number of allylic oxidation sites excluding steroid dienone is 2. The van der Waals surface area contributed by atoms with Crippen molar-refractivity contribution < 1.29 is 223 Å². The number of carbonyl (C=O) groups is 7. The van der Waals surface area contributed by atoms with E-state index in [9.17, 15) is 29.1 Å². The Balaban J connectivity index is -0.000000246. The molecular formula is C64H87BrCl2K3N7O14. The number of anilines is 1. The number of hydrogen-bond acceptors (Lipinski definition) is 20. The third-order valence-electron chi connectivity index (χ3n) is 11.3. The first-order valence-electron chi connectivity index (χ1n) is 28.0. The van der Waals surface area contributed by atoms with Crippen LogP contribution in [0.15, 0.2) is 126 Å². The Kier molecular flexibility index (Phi) is 61.4. The van der Waals surface area contributed by atoms with Gasteiger partial charge in [0.25, 0.3) is 12.4 Å². The van der Waals surface area contributed by atoms with Crippen molar-refractivity contribution in [1.29, 1.82) is 0 Å². The number of nitrogens with one attached hydrogen (secondary N) is 1. The Bertz CT molecular complexity index is 2960. The number of esters is 2. The summed E-state index contributed by atoms with van der Waals surface area (Å²) in [6, 6.07) is 33.3. The van der Waals surface area contributed by atoms with Crippen LogP contribution in [0.25, 0.3) is 0 Å². The minimum Gasteiger partial charge on any atom is -1.00 e. The van der Waals surface area contributed by atoms with Gasteiger partial charge >= 0.3 is 171 Å². The number of benzene rings is 3. The van der Waals surface area contributed by atoms with Gasteiger partial charge in [0.05, 0.1) is 42.9 Å². The number of carbonyl (C=O) groups excluding carboxylic acids is 7. The number of nitrogens with two attached hydrogens (primary N) is 2. The summed E-state index contributed by atoms with van der Waals surface area (Å²) in [4.78, 5) is 89.3. The number of aryl methyl sites for hydroxylation is 2. The van der Waals surface area contributed by atoms with Crippen molar-refractivity contribution in [3.8, 4) is 11.8 Å². The zero-order chi connectivity index (χ0) is 65.9. The topological polar surface area (TPSA) is 340 Å². The summed E-state index contributed by atoms with van der Waals surface area (Å²) in [5.74, 6) is -0.640. The zero-order valence-corrected chi connectivity index (χ0v) is 67.7. The standard InChI is InChI=1S/C17H16N2O3.C17H20N2O3.C11H15NO3.C7H7Br.C6H15N.C4H9O.CCl2O.CH2O3.3K.H3N.H/c1-2-12-8-15(22-10-11-6-4-3-5-7-11)18-13-9-14(20)19-17(21)16(12)13;1-3-13-10-14(22-11-12-8-6-5-7-9-12)19-16(18)15(13)17(20)21-4-2;1-3-7-5-8(13)6-9(12)10(7)11(14)15-4-2;8-6-7-4-2-1-3-5-7;1-4-7(5-2)6-3;1-4(2,3)5;2-1(3)4;2-1-4-3;;;;;/h3-8H,2,9-10H2,1H3,(H,19,20,21);5-10H,3-4,11H2,1-2H3,(H2,18,19);5H,3-4,6,12H2,1-2H3;1-5H,6H2;4-6H2,1-3H3;1-3H3;;1,3H;;;;1H3;/q;;;;;-1;;;3*+1;;-1/p-1. The van der Waals surface area contributed by atoms with Gasteiger partial charge in [-0.2, -0.15) is 4.98 Å². The molecule has 21 nitrogen and oxygen atoms in total. The Labute approximate surface area is 684 Å². The zero-order valence-electron chi connectivity index (χ0n) is 56.2. The fourth-order valence-electron chi connectivity index (χ4n) is 7.40. The number of pyridine rings is 2. The largest absolute Gasteiger partial charge is 1.00 e. The fourth-order valence-corrected chi connectivity index (χ4v) is 7.77. The van der Waals surface area contributed by atoms with Crippen molar-refractivity contribution in [3.63, 3.8) is 0 Å². The summed E-state index contributed by atoms with van der Waals surface area (Å²) in [5.41, 5.74) is 18.6.